The second-order valence-corrected chi connectivity index (χ2v) is 6.66. The summed E-state index contributed by atoms with van der Waals surface area (Å²) in [6.07, 6.45) is 5.06. The highest BCUT2D eigenvalue weighted by atomic mass is 16.5. The summed E-state index contributed by atoms with van der Waals surface area (Å²) in [5.41, 5.74) is 2.41. The predicted molar refractivity (Wildman–Crippen MR) is 92.3 cm³/mol. The smallest absolute Gasteiger partial charge is 0.248 e. The number of carbonyl (C=O) groups is 1. The number of aromatic nitrogens is 4. The molecule has 2 aliphatic rings. The number of ketones is 1. The average Bonchev–Trinajstić information content (AvgIpc) is 3.25. The molecule has 0 saturated heterocycles. The Morgan fingerprint density at radius 3 is 2.64 bits per heavy atom. The van der Waals surface area contributed by atoms with Crippen molar-refractivity contribution in [2.75, 3.05) is 5.32 Å². The van der Waals surface area contributed by atoms with Crippen LogP contribution >= 0.6 is 0 Å². The van der Waals surface area contributed by atoms with Gasteiger partial charge in [-0.25, -0.2) is 0 Å². The Bertz CT molecular complexity index is 818. The maximum Gasteiger partial charge on any atom is 0.248 e. The maximum absolute atomic E-state index is 12.2. The normalized spacial score (nSPS) is 20.3. The molecule has 0 bridgehead atoms. The van der Waals surface area contributed by atoms with Crippen molar-refractivity contribution in [3.8, 4) is 5.75 Å². The molecule has 1 aliphatic heterocycles. The number of Topliss-reactive ketones (excluding diaryl/α,β-unsaturated/α-hetero) is 1. The third-order valence-corrected chi connectivity index (χ3v) is 4.89. The molecule has 25 heavy (non-hydrogen) atoms. The van der Waals surface area contributed by atoms with E-state index in [0.29, 0.717) is 17.6 Å². The van der Waals surface area contributed by atoms with Crippen LogP contribution in [0.2, 0.25) is 0 Å². The van der Waals surface area contributed by atoms with Crippen molar-refractivity contribution in [2.24, 2.45) is 0 Å². The molecule has 1 aromatic heterocycles. The lowest BCUT2D eigenvalue weighted by Crippen LogP contribution is -2.27. The molecule has 7 nitrogen and oxygen atoms in total. The molecule has 1 aliphatic carbocycles. The number of nitrogens with zero attached hydrogens (tertiary/aromatic N) is 4. The second kappa shape index (κ2) is 6.31. The summed E-state index contributed by atoms with van der Waals surface area (Å²) in [6.45, 7) is 3.44. The Balaban J connectivity index is 1.66. The summed E-state index contributed by atoms with van der Waals surface area (Å²) >= 11 is 0. The van der Waals surface area contributed by atoms with Gasteiger partial charge in [0.1, 0.15) is 11.8 Å². The molecule has 1 saturated carbocycles. The minimum Gasteiger partial charge on any atom is -0.490 e. The van der Waals surface area contributed by atoms with Crippen molar-refractivity contribution < 1.29 is 9.53 Å². The van der Waals surface area contributed by atoms with Crippen molar-refractivity contribution in [2.45, 2.75) is 51.7 Å². The fourth-order valence-electron chi connectivity index (χ4n) is 3.70. The van der Waals surface area contributed by atoms with E-state index >= 15 is 0 Å². The number of benzene rings is 1. The van der Waals surface area contributed by atoms with Crippen molar-refractivity contribution >= 4 is 11.7 Å². The number of rotatable bonds is 4. The van der Waals surface area contributed by atoms with Crippen LogP contribution in [-0.4, -0.2) is 32.1 Å². The van der Waals surface area contributed by atoms with Gasteiger partial charge in [0.25, 0.3) is 0 Å². The van der Waals surface area contributed by atoms with Gasteiger partial charge in [-0.2, -0.15) is 4.68 Å². The fraction of sp³-hybridized carbons (Fsp3) is 0.444. The van der Waals surface area contributed by atoms with Crippen molar-refractivity contribution in [1.29, 1.82) is 0 Å². The average molecular weight is 339 g/mol. The molecule has 2 heterocycles. The standard InChI is InChI=1S/C18H21N5O2/c1-11-16(12(2)24)17(23-18(19-11)20-21-22-23)13-7-9-15(10-8-13)25-14-5-3-4-6-14/h7-10,14,17H,3-6H2,1-2H3,(H,19,20,22)/t17-/m0/s1. The Hall–Kier alpha value is -2.70. The highest BCUT2D eigenvalue weighted by Crippen LogP contribution is 2.35. The summed E-state index contributed by atoms with van der Waals surface area (Å²) < 4.78 is 7.68. The summed E-state index contributed by atoms with van der Waals surface area (Å²) in [7, 11) is 0. The van der Waals surface area contributed by atoms with Gasteiger partial charge < -0.3 is 10.1 Å². The lowest BCUT2D eigenvalue weighted by atomic mass is 9.93. The molecule has 7 heteroatoms. The molecule has 1 aromatic carbocycles. The van der Waals surface area contributed by atoms with Gasteiger partial charge >= 0.3 is 0 Å². The van der Waals surface area contributed by atoms with Gasteiger partial charge in [-0.3, -0.25) is 4.79 Å². The summed E-state index contributed by atoms with van der Waals surface area (Å²) in [4.78, 5) is 12.2. The van der Waals surface area contributed by atoms with E-state index in [-0.39, 0.29) is 11.8 Å². The molecule has 0 radical (unpaired) electrons. The minimum absolute atomic E-state index is 0.00225. The molecule has 1 N–H and O–H groups in total. The Morgan fingerprint density at radius 1 is 1.24 bits per heavy atom. The first-order valence-electron chi connectivity index (χ1n) is 8.66. The molecule has 1 fully saturated rings. The molecule has 2 aromatic rings. The fourth-order valence-corrected chi connectivity index (χ4v) is 3.70. The van der Waals surface area contributed by atoms with Crippen LogP contribution < -0.4 is 10.1 Å². The van der Waals surface area contributed by atoms with Crippen molar-refractivity contribution in [1.82, 2.24) is 20.2 Å². The number of nitrogens with one attached hydrogen (secondary N) is 1. The molecular weight excluding hydrogens is 318 g/mol. The maximum atomic E-state index is 12.2. The van der Waals surface area contributed by atoms with E-state index in [0.717, 1.165) is 29.9 Å². The van der Waals surface area contributed by atoms with E-state index in [1.54, 1.807) is 11.6 Å². The van der Waals surface area contributed by atoms with Gasteiger partial charge in [0, 0.05) is 11.3 Å². The van der Waals surface area contributed by atoms with Crippen LogP contribution in [0.3, 0.4) is 0 Å². The third-order valence-electron chi connectivity index (χ3n) is 4.89. The van der Waals surface area contributed by atoms with Gasteiger partial charge in [-0.1, -0.05) is 17.2 Å². The van der Waals surface area contributed by atoms with Gasteiger partial charge in [0.15, 0.2) is 5.78 Å². The molecule has 4 rings (SSSR count). The zero-order chi connectivity index (χ0) is 17.4. The first-order chi connectivity index (χ1) is 12.1. The molecule has 1 atom stereocenters. The minimum atomic E-state index is -0.329. The van der Waals surface area contributed by atoms with Crippen LogP contribution in [0.1, 0.15) is 51.1 Å². The van der Waals surface area contributed by atoms with E-state index in [2.05, 4.69) is 20.8 Å². The highest BCUT2D eigenvalue weighted by molar-refractivity contribution is 5.96. The van der Waals surface area contributed by atoms with Gasteiger partial charge in [-0.05, 0) is 67.7 Å². The topological polar surface area (TPSA) is 81.9 Å². The Labute approximate surface area is 146 Å². The predicted octanol–water partition coefficient (Wildman–Crippen LogP) is 2.87. The van der Waals surface area contributed by atoms with Crippen LogP contribution in [0, 0.1) is 0 Å². The summed E-state index contributed by atoms with van der Waals surface area (Å²) in [6, 6.07) is 7.58. The van der Waals surface area contributed by atoms with Crippen LogP contribution in [-0.2, 0) is 4.79 Å². The monoisotopic (exact) mass is 339 g/mol. The Morgan fingerprint density at radius 2 is 1.96 bits per heavy atom. The first kappa shape index (κ1) is 15.8. The summed E-state index contributed by atoms with van der Waals surface area (Å²) in [5, 5.41) is 14.9. The number of tetrazole rings is 1. The lowest BCUT2D eigenvalue weighted by molar-refractivity contribution is -0.114. The van der Waals surface area contributed by atoms with Crippen LogP contribution in [0.5, 0.6) is 5.75 Å². The van der Waals surface area contributed by atoms with Crippen molar-refractivity contribution in [3.05, 3.63) is 41.1 Å². The Kier molecular flexibility index (Phi) is 3.99. The van der Waals surface area contributed by atoms with Gasteiger partial charge in [0.2, 0.25) is 5.95 Å². The molecule has 130 valence electrons. The summed E-state index contributed by atoms with van der Waals surface area (Å²) in [5.74, 6) is 1.41. The van der Waals surface area contributed by atoms with Crippen LogP contribution in [0.15, 0.2) is 35.5 Å². The van der Waals surface area contributed by atoms with Gasteiger partial charge in [-0.15, -0.1) is 0 Å². The molecule has 0 spiro atoms. The lowest BCUT2D eigenvalue weighted by Gasteiger charge is -2.27. The van der Waals surface area contributed by atoms with E-state index in [4.69, 9.17) is 4.74 Å². The zero-order valence-electron chi connectivity index (χ0n) is 14.4. The number of ether oxygens (including phenoxy) is 1. The number of hydrogen-bond acceptors (Lipinski definition) is 6. The molecule has 0 amide bonds. The van der Waals surface area contributed by atoms with E-state index < -0.39 is 0 Å². The first-order valence-corrected chi connectivity index (χ1v) is 8.66. The third kappa shape index (κ3) is 2.90. The zero-order valence-corrected chi connectivity index (χ0v) is 14.4. The number of anilines is 1. The van der Waals surface area contributed by atoms with Crippen LogP contribution in [0.25, 0.3) is 0 Å². The van der Waals surface area contributed by atoms with E-state index in [1.165, 1.54) is 12.8 Å². The molecule has 0 unspecified atom stereocenters. The number of allylic oxidation sites excluding steroid dienone is 2. The SMILES string of the molecule is CC(=O)C1=C(C)Nc2nnnn2[C@H]1c1ccc(OC2CCCC2)cc1. The number of fused-ring (bicyclic) bond motifs is 1. The van der Waals surface area contributed by atoms with Crippen LogP contribution in [0.4, 0.5) is 5.95 Å². The second-order valence-electron chi connectivity index (χ2n) is 6.66. The van der Waals surface area contributed by atoms with Gasteiger partial charge in [0.05, 0.1) is 6.10 Å². The molecular formula is C18H21N5O2. The number of hydrogen-bond donors (Lipinski definition) is 1. The van der Waals surface area contributed by atoms with E-state index in [1.807, 2.05) is 31.2 Å². The number of carbonyl (C=O) groups excluding carboxylic acids is 1. The van der Waals surface area contributed by atoms with E-state index in [9.17, 15) is 4.79 Å². The largest absolute Gasteiger partial charge is 0.490 e. The quantitative estimate of drug-likeness (QED) is 0.922. The van der Waals surface area contributed by atoms with Crippen molar-refractivity contribution in [3.63, 3.8) is 0 Å². The highest BCUT2D eigenvalue weighted by Gasteiger charge is 2.32.